The van der Waals surface area contributed by atoms with Gasteiger partial charge in [0.15, 0.2) is 6.04 Å². The van der Waals surface area contributed by atoms with Crippen LogP contribution in [-0.2, 0) is 14.3 Å². The number of esters is 1. The van der Waals surface area contributed by atoms with E-state index in [-0.39, 0.29) is 12.5 Å². The van der Waals surface area contributed by atoms with Crippen molar-refractivity contribution in [2.45, 2.75) is 52.5 Å². The third kappa shape index (κ3) is 6.65. The molecule has 0 spiro atoms. The third-order valence-corrected chi connectivity index (χ3v) is 5.48. The van der Waals surface area contributed by atoms with Gasteiger partial charge < -0.3 is 15.8 Å². The average molecular weight is 375 g/mol. The van der Waals surface area contributed by atoms with Crippen molar-refractivity contribution in [1.29, 1.82) is 0 Å². The molecule has 0 saturated heterocycles. The monoisotopic (exact) mass is 374 g/mol. The SMILES string of the molecule is CC(C)CC1CC[C@@H](C)C[C@H]1COC(=O)C(NC(=O)CN)c1ccccc1. The van der Waals surface area contributed by atoms with Crippen molar-refractivity contribution in [3.63, 3.8) is 0 Å². The third-order valence-electron chi connectivity index (χ3n) is 5.48. The molecule has 27 heavy (non-hydrogen) atoms. The number of nitrogens with one attached hydrogen (secondary N) is 1. The van der Waals surface area contributed by atoms with E-state index in [4.69, 9.17) is 10.5 Å². The second-order valence-corrected chi connectivity index (χ2v) is 8.31. The van der Waals surface area contributed by atoms with Gasteiger partial charge in [0.25, 0.3) is 0 Å². The maximum absolute atomic E-state index is 12.8. The van der Waals surface area contributed by atoms with E-state index >= 15 is 0 Å². The van der Waals surface area contributed by atoms with Gasteiger partial charge >= 0.3 is 5.97 Å². The summed E-state index contributed by atoms with van der Waals surface area (Å²) in [5.41, 5.74) is 6.11. The fourth-order valence-electron chi connectivity index (χ4n) is 4.10. The van der Waals surface area contributed by atoms with E-state index in [1.165, 1.54) is 19.3 Å². The average Bonchev–Trinajstić information content (AvgIpc) is 2.66. The van der Waals surface area contributed by atoms with Gasteiger partial charge in [0.05, 0.1) is 13.2 Å². The number of carbonyl (C=O) groups is 2. The molecule has 1 aliphatic carbocycles. The lowest BCUT2D eigenvalue weighted by Gasteiger charge is -2.35. The lowest BCUT2D eigenvalue weighted by molar-refractivity contribution is -0.150. The van der Waals surface area contributed by atoms with Crippen LogP contribution in [0.25, 0.3) is 0 Å². The predicted octanol–water partition coefficient (Wildman–Crippen LogP) is 3.44. The summed E-state index contributed by atoms with van der Waals surface area (Å²) in [6, 6.07) is 8.36. The summed E-state index contributed by atoms with van der Waals surface area (Å²) in [5, 5.41) is 2.68. The molecule has 0 bridgehead atoms. The van der Waals surface area contributed by atoms with Crippen LogP contribution in [0, 0.1) is 23.7 Å². The minimum absolute atomic E-state index is 0.160. The molecular weight excluding hydrogens is 340 g/mol. The summed E-state index contributed by atoms with van der Waals surface area (Å²) in [7, 11) is 0. The van der Waals surface area contributed by atoms with Gasteiger partial charge in [-0.2, -0.15) is 0 Å². The molecule has 5 nitrogen and oxygen atoms in total. The fraction of sp³-hybridized carbons (Fsp3) is 0.636. The molecule has 1 amide bonds. The van der Waals surface area contributed by atoms with Crippen molar-refractivity contribution in [3.05, 3.63) is 35.9 Å². The first-order valence-electron chi connectivity index (χ1n) is 10.1. The molecule has 0 heterocycles. The van der Waals surface area contributed by atoms with Gasteiger partial charge in [-0.25, -0.2) is 4.79 Å². The van der Waals surface area contributed by atoms with Crippen LogP contribution in [0.4, 0.5) is 0 Å². The van der Waals surface area contributed by atoms with Crippen LogP contribution in [0.15, 0.2) is 30.3 Å². The molecule has 0 aliphatic heterocycles. The van der Waals surface area contributed by atoms with Crippen molar-refractivity contribution in [3.8, 4) is 0 Å². The summed E-state index contributed by atoms with van der Waals surface area (Å²) in [5.74, 6) is 1.51. The highest BCUT2D eigenvalue weighted by Crippen LogP contribution is 2.37. The molecule has 0 radical (unpaired) electrons. The number of hydrogen-bond acceptors (Lipinski definition) is 4. The van der Waals surface area contributed by atoms with Gasteiger partial charge in [-0.15, -0.1) is 0 Å². The number of amides is 1. The zero-order chi connectivity index (χ0) is 19.8. The zero-order valence-corrected chi connectivity index (χ0v) is 16.8. The van der Waals surface area contributed by atoms with Crippen LogP contribution in [0.1, 0.15) is 58.1 Å². The van der Waals surface area contributed by atoms with Crippen LogP contribution in [-0.4, -0.2) is 25.0 Å². The van der Waals surface area contributed by atoms with Gasteiger partial charge in [0.1, 0.15) is 0 Å². The fourth-order valence-corrected chi connectivity index (χ4v) is 4.10. The Morgan fingerprint density at radius 1 is 1.19 bits per heavy atom. The Balaban J connectivity index is 2.03. The Kier molecular flexibility index (Phi) is 8.29. The number of nitrogens with two attached hydrogens (primary N) is 1. The van der Waals surface area contributed by atoms with E-state index < -0.39 is 12.0 Å². The van der Waals surface area contributed by atoms with Gasteiger partial charge in [0, 0.05) is 0 Å². The molecule has 3 N–H and O–H groups in total. The molecule has 1 aromatic carbocycles. The highest BCUT2D eigenvalue weighted by Gasteiger charge is 2.31. The standard InChI is InChI=1S/C22H34N2O3/c1-15(2)11-18-10-9-16(3)12-19(18)14-27-22(26)21(24-20(25)13-23)17-7-5-4-6-8-17/h4-8,15-16,18-19,21H,9-14,23H2,1-3H3,(H,24,25)/t16-,18?,19+,21?/m1/s1. The van der Waals surface area contributed by atoms with Crippen LogP contribution in [0.3, 0.4) is 0 Å². The van der Waals surface area contributed by atoms with E-state index in [2.05, 4.69) is 26.1 Å². The minimum Gasteiger partial charge on any atom is -0.464 e. The predicted molar refractivity (Wildman–Crippen MR) is 107 cm³/mol. The van der Waals surface area contributed by atoms with E-state index in [0.29, 0.717) is 35.8 Å². The van der Waals surface area contributed by atoms with E-state index in [0.717, 1.165) is 6.42 Å². The normalized spacial score (nSPS) is 23.7. The number of ether oxygens (including phenoxy) is 1. The minimum atomic E-state index is -0.813. The van der Waals surface area contributed by atoms with Gasteiger partial charge in [-0.05, 0) is 48.5 Å². The van der Waals surface area contributed by atoms with E-state index in [1.54, 1.807) is 0 Å². The van der Waals surface area contributed by atoms with Crippen molar-refractivity contribution in [2.24, 2.45) is 29.4 Å². The van der Waals surface area contributed by atoms with E-state index in [1.807, 2.05) is 30.3 Å². The van der Waals surface area contributed by atoms with Crippen LogP contribution in [0.5, 0.6) is 0 Å². The van der Waals surface area contributed by atoms with Gasteiger partial charge in [-0.1, -0.05) is 57.5 Å². The summed E-state index contributed by atoms with van der Waals surface area (Å²) in [6.45, 7) is 7.02. The van der Waals surface area contributed by atoms with Crippen molar-refractivity contribution in [2.75, 3.05) is 13.2 Å². The van der Waals surface area contributed by atoms with Crippen LogP contribution in [0.2, 0.25) is 0 Å². The van der Waals surface area contributed by atoms with Crippen molar-refractivity contribution < 1.29 is 14.3 Å². The van der Waals surface area contributed by atoms with Crippen LogP contribution >= 0.6 is 0 Å². The summed E-state index contributed by atoms with van der Waals surface area (Å²) in [6.07, 6.45) is 4.71. The second kappa shape index (κ2) is 10.5. The summed E-state index contributed by atoms with van der Waals surface area (Å²) < 4.78 is 5.71. The first-order chi connectivity index (χ1) is 12.9. The Labute approximate surface area is 163 Å². The molecular formula is C22H34N2O3. The van der Waals surface area contributed by atoms with Gasteiger partial charge in [-0.3, -0.25) is 4.79 Å². The largest absolute Gasteiger partial charge is 0.464 e. The number of benzene rings is 1. The topological polar surface area (TPSA) is 81.4 Å². The Morgan fingerprint density at radius 3 is 2.52 bits per heavy atom. The lowest BCUT2D eigenvalue weighted by atomic mass is 9.72. The molecule has 1 aromatic rings. The second-order valence-electron chi connectivity index (χ2n) is 8.31. The number of rotatable bonds is 8. The molecule has 2 rings (SSSR count). The molecule has 150 valence electrons. The zero-order valence-electron chi connectivity index (χ0n) is 16.8. The maximum Gasteiger partial charge on any atom is 0.333 e. The maximum atomic E-state index is 12.8. The summed E-state index contributed by atoms with van der Waals surface area (Å²) in [4.78, 5) is 24.5. The molecule has 1 fully saturated rings. The molecule has 2 unspecified atom stereocenters. The molecule has 4 atom stereocenters. The summed E-state index contributed by atoms with van der Waals surface area (Å²) >= 11 is 0. The highest BCUT2D eigenvalue weighted by atomic mass is 16.5. The molecule has 0 aromatic heterocycles. The van der Waals surface area contributed by atoms with Crippen LogP contribution < -0.4 is 11.1 Å². The van der Waals surface area contributed by atoms with E-state index in [9.17, 15) is 9.59 Å². The first-order valence-corrected chi connectivity index (χ1v) is 10.1. The van der Waals surface area contributed by atoms with Gasteiger partial charge in [0.2, 0.25) is 5.91 Å². The Hall–Kier alpha value is -1.88. The van der Waals surface area contributed by atoms with Crippen molar-refractivity contribution >= 4 is 11.9 Å². The highest BCUT2D eigenvalue weighted by molar-refractivity contribution is 5.86. The molecule has 5 heteroatoms. The number of hydrogen-bond donors (Lipinski definition) is 2. The Bertz CT molecular complexity index is 603. The lowest BCUT2D eigenvalue weighted by Crippen LogP contribution is -2.39. The smallest absolute Gasteiger partial charge is 0.333 e. The number of carbonyl (C=O) groups excluding carboxylic acids is 2. The molecule has 1 aliphatic rings. The Morgan fingerprint density at radius 2 is 1.89 bits per heavy atom. The van der Waals surface area contributed by atoms with Crippen molar-refractivity contribution in [1.82, 2.24) is 5.32 Å². The first kappa shape index (κ1) is 21.4. The quantitative estimate of drug-likeness (QED) is 0.683. The molecule has 1 saturated carbocycles.